The number of hydrogen-bond acceptors (Lipinski definition) is 7. The molecule has 0 aliphatic heterocycles. The van der Waals surface area contributed by atoms with Gasteiger partial charge in [0.2, 0.25) is 10.0 Å². The summed E-state index contributed by atoms with van der Waals surface area (Å²) in [7, 11) is -2.04. The van der Waals surface area contributed by atoms with E-state index in [9.17, 15) is 22.8 Å². The number of nitrogens with zero attached hydrogens (tertiary/aromatic N) is 1. The van der Waals surface area contributed by atoms with Gasteiger partial charge in [-0.2, -0.15) is 4.31 Å². The van der Waals surface area contributed by atoms with Crippen LogP contribution < -0.4 is 10.6 Å². The Morgan fingerprint density at radius 2 is 1.74 bits per heavy atom. The Morgan fingerprint density at radius 1 is 1.06 bits per heavy atom. The number of ether oxygens (including phenoxy) is 1. The van der Waals surface area contributed by atoms with Crippen molar-refractivity contribution in [3.8, 4) is 0 Å². The van der Waals surface area contributed by atoms with Crippen molar-refractivity contribution < 1.29 is 27.5 Å². The highest BCUT2D eigenvalue weighted by atomic mass is 32.2. The predicted octanol–water partition coefficient (Wildman–Crippen LogP) is 3.94. The van der Waals surface area contributed by atoms with Gasteiger partial charge in [-0.05, 0) is 75.3 Å². The number of imide groups is 1. The van der Waals surface area contributed by atoms with Crippen LogP contribution >= 0.6 is 11.3 Å². The lowest BCUT2D eigenvalue weighted by molar-refractivity contribution is 0.0925. The molecule has 188 valence electrons. The van der Waals surface area contributed by atoms with E-state index in [1.54, 1.807) is 14.0 Å². The zero-order valence-corrected chi connectivity index (χ0v) is 21.4. The number of aryl methyl sites for hydroxylation is 1. The van der Waals surface area contributed by atoms with Gasteiger partial charge in [0.25, 0.3) is 11.8 Å². The molecule has 0 radical (unpaired) electrons. The Morgan fingerprint density at radius 3 is 2.40 bits per heavy atom. The van der Waals surface area contributed by atoms with Gasteiger partial charge in [0, 0.05) is 23.5 Å². The molecule has 2 aromatic rings. The van der Waals surface area contributed by atoms with Crippen LogP contribution in [0, 0.1) is 0 Å². The number of hydrogen-bond donors (Lipinski definition) is 2. The molecule has 9 nitrogen and oxygen atoms in total. The number of rotatable bonds is 7. The number of carbonyl (C=O) groups excluding carboxylic acids is 3. The van der Waals surface area contributed by atoms with Crippen molar-refractivity contribution in [3.05, 3.63) is 45.8 Å². The molecule has 1 aromatic carbocycles. The Labute approximate surface area is 208 Å². The summed E-state index contributed by atoms with van der Waals surface area (Å²) in [6, 6.07) is 5.79. The van der Waals surface area contributed by atoms with E-state index < -0.39 is 27.9 Å². The molecule has 0 saturated heterocycles. The summed E-state index contributed by atoms with van der Waals surface area (Å²) in [5.74, 6) is -1.08. The fourth-order valence-corrected chi connectivity index (χ4v) is 6.85. The first-order valence-electron chi connectivity index (χ1n) is 11.7. The van der Waals surface area contributed by atoms with Crippen LogP contribution in [-0.2, 0) is 27.6 Å². The molecule has 0 bridgehead atoms. The van der Waals surface area contributed by atoms with Crippen LogP contribution in [0.15, 0.2) is 29.2 Å². The lowest BCUT2D eigenvalue weighted by atomic mass is 10.0. The third-order valence-corrected chi connectivity index (χ3v) is 9.35. The largest absolute Gasteiger partial charge is 0.450 e. The summed E-state index contributed by atoms with van der Waals surface area (Å²) in [6.07, 6.45) is 5.32. The van der Waals surface area contributed by atoms with Gasteiger partial charge < -0.3 is 10.1 Å². The highest BCUT2D eigenvalue weighted by Crippen LogP contribution is 2.38. The quantitative estimate of drug-likeness (QED) is 0.535. The molecule has 0 spiro atoms. The van der Waals surface area contributed by atoms with Crippen LogP contribution in [0.2, 0.25) is 0 Å². The molecule has 3 amide bonds. The third-order valence-electron chi connectivity index (χ3n) is 6.22. The zero-order chi connectivity index (χ0) is 25.2. The molecule has 0 atom stereocenters. The molecule has 1 saturated carbocycles. The Kier molecular flexibility index (Phi) is 7.58. The standard InChI is InChI=1S/C24H29N3O6S2/c1-3-33-24(30)26-22(29)20-18-7-5-4-6-8-19(18)34-23(20)25-21(28)15-9-13-17(14-10-15)35(31,32)27(2)16-11-12-16/h9-10,13-14,16H,3-8,11-12H2,1-2H3,(H,25,28)(H,26,29,30). The number of carbonyl (C=O) groups is 3. The number of sulfonamides is 1. The third kappa shape index (κ3) is 5.57. The normalized spacial score (nSPS) is 15.7. The smallest absolute Gasteiger partial charge is 0.414 e. The van der Waals surface area contributed by atoms with Crippen molar-refractivity contribution in [1.82, 2.24) is 9.62 Å². The van der Waals surface area contributed by atoms with Crippen LogP contribution in [0.25, 0.3) is 0 Å². The first-order valence-corrected chi connectivity index (χ1v) is 14.0. The number of nitrogens with one attached hydrogen (secondary N) is 2. The van der Waals surface area contributed by atoms with Crippen molar-refractivity contribution in [2.24, 2.45) is 0 Å². The van der Waals surface area contributed by atoms with Crippen LogP contribution in [0.4, 0.5) is 9.80 Å². The minimum atomic E-state index is -3.61. The minimum absolute atomic E-state index is 0.0382. The number of thiophene rings is 1. The molecule has 1 heterocycles. The average molecular weight is 520 g/mol. The van der Waals surface area contributed by atoms with Crippen molar-refractivity contribution in [3.63, 3.8) is 0 Å². The predicted molar refractivity (Wildman–Crippen MR) is 132 cm³/mol. The maximum atomic E-state index is 13.0. The summed E-state index contributed by atoms with van der Waals surface area (Å²) in [4.78, 5) is 39.0. The fraction of sp³-hybridized carbons (Fsp3) is 0.458. The van der Waals surface area contributed by atoms with E-state index in [4.69, 9.17) is 4.74 Å². The van der Waals surface area contributed by atoms with E-state index in [2.05, 4.69) is 10.6 Å². The molecule has 4 rings (SSSR count). The van der Waals surface area contributed by atoms with Gasteiger partial charge in [-0.15, -0.1) is 11.3 Å². The molecular weight excluding hydrogens is 490 g/mol. The number of amides is 3. The fourth-order valence-electron chi connectivity index (χ4n) is 4.15. The number of benzene rings is 1. The van der Waals surface area contributed by atoms with Gasteiger partial charge >= 0.3 is 6.09 Å². The number of anilines is 1. The van der Waals surface area contributed by atoms with Crippen LogP contribution in [0.1, 0.15) is 70.2 Å². The molecular formula is C24H29N3O6S2. The maximum absolute atomic E-state index is 13.0. The summed E-state index contributed by atoms with van der Waals surface area (Å²) < 4.78 is 31.7. The van der Waals surface area contributed by atoms with Gasteiger partial charge in [0.05, 0.1) is 17.1 Å². The average Bonchev–Trinajstić information content (AvgIpc) is 3.64. The van der Waals surface area contributed by atoms with Crippen molar-refractivity contribution in [2.75, 3.05) is 19.0 Å². The minimum Gasteiger partial charge on any atom is -0.450 e. The Hall–Kier alpha value is -2.76. The van der Waals surface area contributed by atoms with Gasteiger partial charge in [0.15, 0.2) is 0 Å². The van der Waals surface area contributed by atoms with E-state index in [0.717, 1.165) is 49.0 Å². The van der Waals surface area contributed by atoms with E-state index >= 15 is 0 Å². The zero-order valence-electron chi connectivity index (χ0n) is 19.8. The van der Waals surface area contributed by atoms with Gasteiger partial charge in [-0.3, -0.25) is 14.9 Å². The highest BCUT2D eigenvalue weighted by molar-refractivity contribution is 7.89. The molecule has 2 N–H and O–H groups in total. The lowest BCUT2D eigenvalue weighted by Gasteiger charge is -2.16. The van der Waals surface area contributed by atoms with Crippen LogP contribution in [-0.4, -0.2) is 50.3 Å². The second-order valence-corrected chi connectivity index (χ2v) is 11.8. The molecule has 1 aromatic heterocycles. The van der Waals surface area contributed by atoms with E-state index in [1.165, 1.54) is 39.9 Å². The van der Waals surface area contributed by atoms with Crippen molar-refractivity contribution >= 4 is 44.3 Å². The maximum Gasteiger partial charge on any atom is 0.414 e. The highest BCUT2D eigenvalue weighted by Gasteiger charge is 2.35. The Bertz CT molecular complexity index is 1230. The molecule has 11 heteroatoms. The summed E-state index contributed by atoms with van der Waals surface area (Å²) in [6.45, 7) is 1.78. The van der Waals surface area contributed by atoms with Crippen molar-refractivity contribution in [2.45, 2.75) is 62.8 Å². The topological polar surface area (TPSA) is 122 Å². The second-order valence-electron chi connectivity index (χ2n) is 8.67. The van der Waals surface area contributed by atoms with E-state index in [-0.39, 0.29) is 23.1 Å². The van der Waals surface area contributed by atoms with E-state index in [1.807, 2.05) is 0 Å². The first-order chi connectivity index (χ1) is 16.7. The molecule has 35 heavy (non-hydrogen) atoms. The Balaban J connectivity index is 1.56. The first kappa shape index (κ1) is 25.3. The summed E-state index contributed by atoms with van der Waals surface area (Å²) in [5.41, 5.74) is 1.41. The number of alkyl carbamates (subject to hydrolysis) is 1. The number of fused-ring (bicyclic) bond motifs is 1. The van der Waals surface area contributed by atoms with Crippen LogP contribution in [0.5, 0.6) is 0 Å². The SMILES string of the molecule is CCOC(=O)NC(=O)c1c(NC(=O)c2ccc(S(=O)(=O)N(C)C3CC3)cc2)sc2c1CCCCC2. The molecule has 2 aliphatic rings. The van der Waals surface area contributed by atoms with E-state index in [0.29, 0.717) is 17.0 Å². The summed E-state index contributed by atoms with van der Waals surface area (Å²) >= 11 is 1.34. The lowest BCUT2D eigenvalue weighted by Crippen LogP contribution is -2.32. The van der Waals surface area contributed by atoms with Crippen molar-refractivity contribution in [1.29, 1.82) is 0 Å². The second kappa shape index (κ2) is 10.5. The molecule has 0 unspecified atom stereocenters. The molecule has 2 aliphatic carbocycles. The van der Waals surface area contributed by atoms with Gasteiger partial charge in [-0.1, -0.05) is 6.42 Å². The van der Waals surface area contributed by atoms with Gasteiger partial charge in [0.1, 0.15) is 5.00 Å². The monoisotopic (exact) mass is 519 g/mol. The summed E-state index contributed by atoms with van der Waals surface area (Å²) in [5, 5.41) is 5.42. The van der Waals surface area contributed by atoms with Crippen LogP contribution in [0.3, 0.4) is 0 Å². The molecule has 1 fully saturated rings. The van der Waals surface area contributed by atoms with Gasteiger partial charge in [-0.25, -0.2) is 13.2 Å².